The van der Waals surface area contributed by atoms with Crippen LogP contribution >= 0.6 is 12.4 Å². The van der Waals surface area contributed by atoms with Crippen molar-refractivity contribution in [2.45, 2.75) is 19.0 Å². The van der Waals surface area contributed by atoms with E-state index in [2.05, 4.69) is 15.7 Å². The molecule has 124 valence electrons. The number of benzene rings is 1. The van der Waals surface area contributed by atoms with Crippen LogP contribution in [-0.2, 0) is 6.54 Å². The Bertz CT molecular complexity index is 636. The van der Waals surface area contributed by atoms with Gasteiger partial charge in [0, 0.05) is 18.8 Å². The van der Waals surface area contributed by atoms with Gasteiger partial charge in [0.2, 0.25) is 0 Å². The Morgan fingerprint density at radius 3 is 2.87 bits per heavy atom. The highest BCUT2D eigenvalue weighted by Crippen LogP contribution is 2.12. The van der Waals surface area contributed by atoms with E-state index in [1.807, 2.05) is 24.3 Å². The molecule has 1 aliphatic rings. The second kappa shape index (κ2) is 7.99. The number of methoxy groups -OCH3 is 1. The van der Waals surface area contributed by atoms with E-state index in [-0.39, 0.29) is 24.4 Å². The number of halogens is 1. The fourth-order valence-corrected chi connectivity index (χ4v) is 2.53. The summed E-state index contributed by atoms with van der Waals surface area (Å²) >= 11 is 0. The zero-order chi connectivity index (χ0) is 15.4. The number of hydrogen-bond donors (Lipinski definition) is 2. The van der Waals surface area contributed by atoms with Crippen LogP contribution in [0.4, 0.5) is 0 Å². The lowest BCUT2D eigenvalue weighted by molar-refractivity contribution is 0.0940. The van der Waals surface area contributed by atoms with Gasteiger partial charge < -0.3 is 15.4 Å². The molecule has 3 rings (SSSR count). The highest BCUT2D eigenvalue weighted by molar-refractivity contribution is 5.93. The molecule has 1 atom stereocenters. The smallest absolute Gasteiger partial charge is 0.254 e. The zero-order valence-corrected chi connectivity index (χ0v) is 13.8. The first kappa shape index (κ1) is 17.3. The minimum absolute atomic E-state index is 0. The Labute approximate surface area is 141 Å². The molecular formula is C16H21ClN4O2. The van der Waals surface area contributed by atoms with Gasteiger partial charge in [0.1, 0.15) is 5.75 Å². The van der Waals surface area contributed by atoms with Crippen molar-refractivity contribution < 1.29 is 9.53 Å². The van der Waals surface area contributed by atoms with Crippen molar-refractivity contribution in [3.63, 3.8) is 0 Å². The Morgan fingerprint density at radius 1 is 1.43 bits per heavy atom. The van der Waals surface area contributed by atoms with Crippen LogP contribution in [-0.4, -0.2) is 41.9 Å². The average Bonchev–Trinajstić information content (AvgIpc) is 3.20. The van der Waals surface area contributed by atoms with E-state index in [0.29, 0.717) is 12.1 Å². The maximum atomic E-state index is 12.1. The molecule has 7 heteroatoms. The van der Waals surface area contributed by atoms with Gasteiger partial charge >= 0.3 is 0 Å². The summed E-state index contributed by atoms with van der Waals surface area (Å²) in [5, 5.41) is 10.5. The van der Waals surface area contributed by atoms with Gasteiger partial charge in [0.15, 0.2) is 0 Å². The van der Waals surface area contributed by atoms with Crippen LogP contribution in [0.2, 0.25) is 0 Å². The van der Waals surface area contributed by atoms with E-state index >= 15 is 0 Å². The minimum atomic E-state index is -0.0605. The molecule has 0 aliphatic carbocycles. The van der Waals surface area contributed by atoms with Gasteiger partial charge in [-0.15, -0.1) is 12.4 Å². The molecule has 1 aromatic carbocycles. The fourth-order valence-electron chi connectivity index (χ4n) is 2.53. The fraction of sp³-hybridized carbons (Fsp3) is 0.375. The Morgan fingerprint density at radius 2 is 2.22 bits per heavy atom. The van der Waals surface area contributed by atoms with Gasteiger partial charge in [0.05, 0.1) is 25.4 Å². The third-order valence-corrected chi connectivity index (χ3v) is 3.79. The molecule has 0 radical (unpaired) electrons. The molecule has 0 bridgehead atoms. The number of amides is 1. The predicted octanol–water partition coefficient (Wildman–Crippen LogP) is 1.45. The molecule has 1 saturated heterocycles. The molecule has 23 heavy (non-hydrogen) atoms. The van der Waals surface area contributed by atoms with E-state index in [1.165, 1.54) is 0 Å². The summed E-state index contributed by atoms with van der Waals surface area (Å²) in [6.45, 7) is 2.43. The van der Waals surface area contributed by atoms with E-state index in [0.717, 1.165) is 30.8 Å². The first-order chi connectivity index (χ1) is 10.7. The van der Waals surface area contributed by atoms with Gasteiger partial charge in [-0.2, -0.15) is 5.10 Å². The Hall–Kier alpha value is -2.05. The molecule has 1 amide bonds. The maximum absolute atomic E-state index is 12.1. The molecule has 1 aliphatic heterocycles. The van der Waals surface area contributed by atoms with Gasteiger partial charge in [-0.25, -0.2) is 0 Å². The average molecular weight is 337 g/mol. The van der Waals surface area contributed by atoms with Crippen molar-refractivity contribution >= 4 is 18.3 Å². The van der Waals surface area contributed by atoms with Gasteiger partial charge in [0.25, 0.3) is 5.91 Å². The second-order valence-corrected chi connectivity index (χ2v) is 5.44. The molecule has 1 fully saturated rings. The molecule has 1 aromatic heterocycles. The maximum Gasteiger partial charge on any atom is 0.254 e. The van der Waals surface area contributed by atoms with Crippen LogP contribution in [0.15, 0.2) is 36.7 Å². The predicted molar refractivity (Wildman–Crippen MR) is 90.3 cm³/mol. The number of carbonyl (C=O) groups excluding carboxylic acids is 1. The van der Waals surface area contributed by atoms with Crippen LogP contribution in [0.25, 0.3) is 0 Å². The van der Waals surface area contributed by atoms with Crippen LogP contribution < -0.4 is 15.4 Å². The first-order valence-electron chi connectivity index (χ1n) is 7.41. The van der Waals surface area contributed by atoms with E-state index in [4.69, 9.17) is 4.74 Å². The van der Waals surface area contributed by atoms with Crippen molar-refractivity contribution in [3.05, 3.63) is 47.8 Å². The van der Waals surface area contributed by atoms with Crippen molar-refractivity contribution in [2.24, 2.45) is 0 Å². The van der Waals surface area contributed by atoms with Crippen molar-refractivity contribution in [1.82, 2.24) is 20.4 Å². The van der Waals surface area contributed by atoms with Crippen LogP contribution in [0, 0.1) is 0 Å². The van der Waals surface area contributed by atoms with E-state index < -0.39 is 0 Å². The minimum Gasteiger partial charge on any atom is -0.497 e. The summed E-state index contributed by atoms with van der Waals surface area (Å²) in [6, 6.07) is 8.03. The van der Waals surface area contributed by atoms with Gasteiger partial charge in [-0.1, -0.05) is 12.1 Å². The normalized spacial score (nSPS) is 16.7. The van der Waals surface area contributed by atoms with Crippen molar-refractivity contribution in [3.8, 4) is 5.75 Å². The van der Waals surface area contributed by atoms with Crippen molar-refractivity contribution in [2.75, 3.05) is 20.2 Å². The SMILES string of the molecule is COc1ccc(Cn2cc(C(=O)NC3CCNC3)cn2)cc1.Cl. The van der Waals surface area contributed by atoms with E-state index in [9.17, 15) is 4.79 Å². The summed E-state index contributed by atoms with van der Waals surface area (Å²) in [4.78, 5) is 12.1. The lowest BCUT2D eigenvalue weighted by Gasteiger charge is -2.09. The molecule has 0 saturated carbocycles. The highest BCUT2D eigenvalue weighted by Gasteiger charge is 2.18. The summed E-state index contributed by atoms with van der Waals surface area (Å²) in [7, 11) is 1.65. The van der Waals surface area contributed by atoms with Gasteiger partial charge in [-0.05, 0) is 30.7 Å². The lowest BCUT2D eigenvalue weighted by Crippen LogP contribution is -2.36. The molecule has 2 heterocycles. The van der Waals surface area contributed by atoms with E-state index in [1.54, 1.807) is 24.2 Å². The van der Waals surface area contributed by atoms with Crippen molar-refractivity contribution in [1.29, 1.82) is 0 Å². The monoisotopic (exact) mass is 336 g/mol. The number of carbonyl (C=O) groups is 1. The third-order valence-electron chi connectivity index (χ3n) is 3.79. The number of nitrogens with zero attached hydrogens (tertiary/aromatic N) is 2. The lowest BCUT2D eigenvalue weighted by atomic mass is 10.2. The second-order valence-electron chi connectivity index (χ2n) is 5.44. The number of rotatable bonds is 5. The van der Waals surface area contributed by atoms with Crippen LogP contribution in [0.3, 0.4) is 0 Å². The van der Waals surface area contributed by atoms with Gasteiger partial charge in [-0.3, -0.25) is 9.48 Å². The quantitative estimate of drug-likeness (QED) is 0.867. The molecule has 2 N–H and O–H groups in total. The number of hydrogen-bond acceptors (Lipinski definition) is 4. The molecule has 2 aromatic rings. The molecular weight excluding hydrogens is 316 g/mol. The Balaban J connectivity index is 0.00000192. The zero-order valence-electron chi connectivity index (χ0n) is 13.0. The van der Waals surface area contributed by atoms with Crippen LogP contribution in [0.1, 0.15) is 22.3 Å². The summed E-state index contributed by atoms with van der Waals surface area (Å²) in [5.74, 6) is 0.768. The standard InChI is InChI=1S/C16H20N4O2.ClH/c1-22-15-4-2-12(3-5-15)10-20-11-13(8-18-20)16(21)19-14-6-7-17-9-14;/h2-5,8,11,14,17H,6-7,9-10H2,1H3,(H,19,21);1H. The Kier molecular flexibility index (Phi) is 6.01. The number of aromatic nitrogens is 2. The number of ether oxygens (including phenoxy) is 1. The molecule has 1 unspecified atom stereocenters. The summed E-state index contributed by atoms with van der Waals surface area (Å²) < 4.78 is 6.91. The topological polar surface area (TPSA) is 68.2 Å². The first-order valence-corrected chi connectivity index (χ1v) is 7.41. The largest absolute Gasteiger partial charge is 0.497 e. The number of nitrogens with one attached hydrogen (secondary N) is 2. The molecule has 0 spiro atoms. The third kappa shape index (κ3) is 4.46. The highest BCUT2D eigenvalue weighted by atomic mass is 35.5. The molecule has 6 nitrogen and oxygen atoms in total. The van der Waals surface area contributed by atoms with Crippen LogP contribution in [0.5, 0.6) is 5.75 Å². The summed E-state index contributed by atoms with van der Waals surface area (Å²) in [5.41, 5.74) is 1.70. The summed E-state index contributed by atoms with van der Waals surface area (Å²) in [6.07, 6.45) is 4.37.